The minimum atomic E-state index is -0.315. The van der Waals surface area contributed by atoms with Crippen LogP contribution >= 0.6 is 11.8 Å². The molecule has 0 saturated heterocycles. The first-order chi connectivity index (χ1) is 13.9. The SMILES string of the molecule is Cc1cc(NC(=O)CSc2nnc(C)c(=O)[nH]2)ccc1NC(=O)C1CCCCC1. The van der Waals surface area contributed by atoms with Crippen LogP contribution in [-0.4, -0.2) is 32.7 Å². The van der Waals surface area contributed by atoms with E-state index in [1.54, 1.807) is 13.0 Å². The van der Waals surface area contributed by atoms with Crippen molar-refractivity contribution in [1.82, 2.24) is 15.2 Å². The maximum Gasteiger partial charge on any atom is 0.273 e. The number of H-pyrrole nitrogens is 1. The van der Waals surface area contributed by atoms with Gasteiger partial charge in [-0.05, 0) is 50.5 Å². The number of nitrogens with one attached hydrogen (secondary N) is 3. The number of hydrogen-bond acceptors (Lipinski definition) is 6. The summed E-state index contributed by atoms with van der Waals surface area (Å²) in [4.78, 5) is 38.7. The Labute approximate surface area is 173 Å². The second-order valence-electron chi connectivity index (χ2n) is 7.24. The molecule has 154 valence electrons. The number of rotatable bonds is 6. The first kappa shape index (κ1) is 21.0. The van der Waals surface area contributed by atoms with Gasteiger partial charge < -0.3 is 10.6 Å². The molecule has 0 aliphatic heterocycles. The number of aromatic amines is 1. The Balaban J connectivity index is 1.53. The number of carbonyl (C=O) groups excluding carboxylic acids is 2. The number of hydrogen-bond donors (Lipinski definition) is 3. The lowest BCUT2D eigenvalue weighted by Gasteiger charge is -2.21. The Morgan fingerprint density at radius 2 is 1.90 bits per heavy atom. The van der Waals surface area contributed by atoms with Gasteiger partial charge in [-0.1, -0.05) is 31.0 Å². The van der Waals surface area contributed by atoms with Crippen LogP contribution < -0.4 is 16.2 Å². The van der Waals surface area contributed by atoms with Crippen molar-refractivity contribution in [3.8, 4) is 0 Å². The molecule has 0 unspecified atom stereocenters. The van der Waals surface area contributed by atoms with Gasteiger partial charge in [-0.3, -0.25) is 19.4 Å². The molecule has 0 spiro atoms. The standard InChI is InChI=1S/C20H25N5O3S/c1-12-10-15(8-9-16(12)22-19(28)14-6-4-3-5-7-14)21-17(26)11-29-20-23-18(27)13(2)24-25-20/h8-10,14H,3-7,11H2,1-2H3,(H,21,26)(H,22,28)(H,23,25,27). The highest BCUT2D eigenvalue weighted by Gasteiger charge is 2.21. The van der Waals surface area contributed by atoms with E-state index in [1.807, 2.05) is 19.1 Å². The van der Waals surface area contributed by atoms with Crippen molar-refractivity contribution in [3.63, 3.8) is 0 Å². The molecule has 1 fully saturated rings. The summed E-state index contributed by atoms with van der Waals surface area (Å²) in [6.07, 6.45) is 5.34. The van der Waals surface area contributed by atoms with Gasteiger partial charge in [0.1, 0.15) is 5.69 Å². The zero-order chi connectivity index (χ0) is 20.8. The molecule has 3 N–H and O–H groups in total. The molecule has 0 bridgehead atoms. The van der Waals surface area contributed by atoms with Crippen LogP contribution in [0.5, 0.6) is 0 Å². The fraction of sp³-hybridized carbons (Fsp3) is 0.450. The Hall–Kier alpha value is -2.68. The highest BCUT2D eigenvalue weighted by atomic mass is 32.2. The largest absolute Gasteiger partial charge is 0.326 e. The zero-order valence-electron chi connectivity index (χ0n) is 16.6. The van der Waals surface area contributed by atoms with Gasteiger partial charge in [0, 0.05) is 17.3 Å². The van der Waals surface area contributed by atoms with E-state index in [-0.39, 0.29) is 34.7 Å². The summed E-state index contributed by atoms with van der Waals surface area (Å²) < 4.78 is 0. The van der Waals surface area contributed by atoms with Gasteiger partial charge in [-0.25, -0.2) is 0 Å². The normalized spacial score (nSPS) is 14.4. The predicted molar refractivity (Wildman–Crippen MR) is 113 cm³/mol. The molecule has 0 atom stereocenters. The minimum Gasteiger partial charge on any atom is -0.326 e. The number of thioether (sulfide) groups is 1. The molecule has 1 saturated carbocycles. The van der Waals surface area contributed by atoms with Gasteiger partial charge in [-0.15, -0.1) is 10.2 Å². The molecular weight excluding hydrogens is 390 g/mol. The molecule has 1 heterocycles. The van der Waals surface area contributed by atoms with E-state index in [2.05, 4.69) is 25.8 Å². The van der Waals surface area contributed by atoms with Gasteiger partial charge in [0.15, 0.2) is 5.16 Å². The van der Waals surface area contributed by atoms with E-state index in [0.29, 0.717) is 10.8 Å². The molecule has 29 heavy (non-hydrogen) atoms. The smallest absolute Gasteiger partial charge is 0.273 e. The number of aryl methyl sites for hydroxylation is 2. The van der Waals surface area contributed by atoms with Gasteiger partial charge in [0.2, 0.25) is 11.8 Å². The van der Waals surface area contributed by atoms with Crippen LogP contribution in [0, 0.1) is 19.8 Å². The van der Waals surface area contributed by atoms with Crippen LogP contribution in [-0.2, 0) is 9.59 Å². The summed E-state index contributed by atoms with van der Waals surface area (Å²) in [6, 6.07) is 5.40. The average molecular weight is 416 g/mol. The molecule has 9 heteroatoms. The van der Waals surface area contributed by atoms with Crippen LogP contribution in [0.25, 0.3) is 0 Å². The quantitative estimate of drug-likeness (QED) is 0.625. The molecule has 0 radical (unpaired) electrons. The third-order valence-electron chi connectivity index (χ3n) is 4.92. The first-order valence-corrected chi connectivity index (χ1v) is 10.7. The summed E-state index contributed by atoms with van der Waals surface area (Å²) in [7, 11) is 0. The molecule has 3 rings (SSSR count). The van der Waals surface area contributed by atoms with E-state index >= 15 is 0 Å². The third kappa shape index (κ3) is 5.90. The summed E-state index contributed by atoms with van der Waals surface area (Å²) in [5.74, 6) is 0.0362. The third-order valence-corrected chi connectivity index (χ3v) is 5.79. The highest BCUT2D eigenvalue weighted by molar-refractivity contribution is 7.99. The Kier molecular flexibility index (Phi) is 7.03. The lowest BCUT2D eigenvalue weighted by atomic mass is 9.88. The lowest BCUT2D eigenvalue weighted by molar-refractivity contribution is -0.120. The molecule has 2 aromatic rings. The molecule has 1 aromatic carbocycles. The van der Waals surface area contributed by atoms with Gasteiger partial charge in [0.05, 0.1) is 5.75 Å². The maximum atomic E-state index is 12.4. The minimum absolute atomic E-state index is 0.0779. The maximum absolute atomic E-state index is 12.4. The van der Waals surface area contributed by atoms with Crippen molar-refractivity contribution >= 4 is 35.0 Å². The Bertz CT molecular complexity index is 953. The second kappa shape index (κ2) is 9.69. The number of aromatic nitrogens is 3. The highest BCUT2D eigenvalue weighted by Crippen LogP contribution is 2.26. The molecule has 2 amide bonds. The van der Waals surface area contributed by atoms with Crippen molar-refractivity contribution in [1.29, 1.82) is 0 Å². The topological polar surface area (TPSA) is 117 Å². The lowest BCUT2D eigenvalue weighted by Crippen LogP contribution is -2.25. The number of nitrogens with zero attached hydrogens (tertiary/aromatic N) is 2. The average Bonchev–Trinajstić information content (AvgIpc) is 2.71. The number of benzene rings is 1. The van der Waals surface area contributed by atoms with Crippen LogP contribution in [0.4, 0.5) is 11.4 Å². The summed E-state index contributed by atoms with van der Waals surface area (Å²) in [5.41, 5.74) is 2.26. The Morgan fingerprint density at radius 3 is 2.59 bits per heavy atom. The van der Waals surface area contributed by atoms with E-state index in [1.165, 1.54) is 6.42 Å². The van der Waals surface area contributed by atoms with Gasteiger partial charge in [-0.2, -0.15) is 0 Å². The second-order valence-corrected chi connectivity index (χ2v) is 8.20. The number of amides is 2. The van der Waals surface area contributed by atoms with Crippen molar-refractivity contribution < 1.29 is 9.59 Å². The number of carbonyl (C=O) groups is 2. The molecular formula is C20H25N5O3S. The Morgan fingerprint density at radius 1 is 1.14 bits per heavy atom. The monoisotopic (exact) mass is 415 g/mol. The van der Waals surface area contributed by atoms with E-state index < -0.39 is 0 Å². The molecule has 1 aromatic heterocycles. The van der Waals surface area contributed by atoms with Crippen LogP contribution in [0.15, 0.2) is 28.2 Å². The fourth-order valence-electron chi connectivity index (χ4n) is 3.26. The number of anilines is 2. The zero-order valence-corrected chi connectivity index (χ0v) is 17.4. The molecule has 8 nitrogen and oxygen atoms in total. The van der Waals surface area contributed by atoms with E-state index in [4.69, 9.17) is 0 Å². The van der Waals surface area contributed by atoms with E-state index in [0.717, 1.165) is 48.7 Å². The van der Waals surface area contributed by atoms with Crippen molar-refractivity contribution in [2.24, 2.45) is 5.92 Å². The van der Waals surface area contributed by atoms with Crippen molar-refractivity contribution in [2.75, 3.05) is 16.4 Å². The summed E-state index contributed by atoms with van der Waals surface area (Å²) >= 11 is 1.10. The first-order valence-electron chi connectivity index (χ1n) is 9.70. The summed E-state index contributed by atoms with van der Waals surface area (Å²) in [5, 5.41) is 13.7. The van der Waals surface area contributed by atoms with E-state index in [9.17, 15) is 14.4 Å². The van der Waals surface area contributed by atoms with Crippen LogP contribution in [0.2, 0.25) is 0 Å². The fourth-order valence-corrected chi connectivity index (χ4v) is 3.86. The molecule has 1 aliphatic carbocycles. The summed E-state index contributed by atoms with van der Waals surface area (Å²) in [6.45, 7) is 3.46. The van der Waals surface area contributed by atoms with Crippen LogP contribution in [0.1, 0.15) is 43.4 Å². The van der Waals surface area contributed by atoms with Crippen LogP contribution in [0.3, 0.4) is 0 Å². The van der Waals surface area contributed by atoms with Crippen molar-refractivity contribution in [2.45, 2.75) is 51.1 Å². The van der Waals surface area contributed by atoms with Crippen molar-refractivity contribution in [3.05, 3.63) is 39.8 Å². The molecule has 1 aliphatic rings. The van der Waals surface area contributed by atoms with Gasteiger partial charge >= 0.3 is 0 Å². The predicted octanol–water partition coefficient (Wildman–Crippen LogP) is 3.03. The van der Waals surface area contributed by atoms with Gasteiger partial charge in [0.25, 0.3) is 5.56 Å².